The van der Waals surface area contributed by atoms with Crippen molar-refractivity contribution in [1.29, 1.82) is 0 Å². The highest BCUT2D eigenvalue weighted by Gasteiger charge is 2.15. The Bertz CT molecular complexity index is 389. The third-order valence-corrected chi connectivity index (χ3v) is 3.58. The van der Waals surface area contributed by atoms with Crippen LogP contribution in [0.2, 0.25) is 0 Å². The first-order valence-electron chi connectivity index (χ1n) is 6.55. The zero-order chi connectivity index (χ0) is 13.0. The molecule has 1 fully saturated rings. The number of nitrogens with one attached hydrogen (secondary N) is 1. The Labute approximate surface area is 107 Å². The number of rotatable bonds is 4. The second kappa shape index (κ2) is 6.25. The molecule has 2 nitrogen and oxygen atoms in total. The molecule has 0 radical (unpaired) electrons. The van der Waals surface area contributed by atoms with Gasteiger partial charge in [-0.2, -0.15) is 0 Å². The molecule has 100 valence electrons. The van der Waals surface area contributed by atoms with Crippen molar-refractivity contribution in [3.05, 3.63) is 35.4 Å². The molecule has 0 aliphatic carbocycles. The average Bonchev–Trinajstić information content (AvgIpc) is 2.40. The first kappa shape index (κ1) is 13.4. The molecule has 1 N–H and O–H groups in total. The number of nitrogens with zero attached hydrogens (tertiary/aromatic N) is 1. The van der Waals surface area contributed by atoms with Gasteiger partial charge in [-0.3, -0.25) is 0 Å². The van der Waals surface area contributed by atoms with E-state index in [-0.39, 0.29) is 17.6 Å². The van der Waals surface area contributed by atoms with E-state index in [4.69, 9.17) is 0 Å². The number of hydrogen-bond acceptors (Lipinski definition) is 2. The predicted molar refractivity (Wildman–Crippen MR) is 68.7 cm³/mol. The summed E-state index contributed by atoms with van der Waals surface area (Å²) in [6.07, 6.45) is 0.861. The minimum absolute atomic E-state index is 0.0515. The van der Waals surface area contributed by atoms with Crippen molar-refractivity contribution in [3.63, 3.8) is 0 Å². The highest BCUT2D eigenvalue weighted by atomic mass is 19.1. The fourth-order valence-corrected chi connectivity index (χ4v) is 2.36. The van der Waals surface area contributed by atoms with Gasteiger partial charge < -0.3 is 10.2 Å². The second-order valence-corrected chi connectivity index (χ2v) is 4.95. The Morgan fingerprint density at radius 2 is 2.00 bits per heavy atom. The Hall–Kier alpha value is -1.00. The molecule has 1 aliphatic rings. The normalized spacial score (nSPS) is 18.8. The van der Waals surface area contributed by atoms with Crippen LogP contribution in [0.15, 0.2) is 18.2 Å². The monoisotopic (exact) mass is 254 g/mol. The quantitative estimate of drug-likeness (QED) is 0.887. The predicted octanol–water partition coefficient (Wildman–Crippen LogP) is 2.36. The molecule has 0 spiro atoms. The van der Waals surface area contributed by atoms with Crippen LogP contribution in [0.3, 0.4) is 0 Å². The van der Waals surface area contributed by atoms with Crippen LogP contribution >= 0.6 is 0 Å². The van der Waals surface area contributed by atoms with Crippen LogP contribution in [0.25, 0.3) is 0 Å². The topological polar surface area (TPSA) is 15.3 Å². The summed E-state index contributed by atoms with van der Waals surface area (Å²) in [4.78, 5) is 2.37. The molecule has 1 aromatic rings. The molecule has 0 saturated carbocycles. The number of piperazine rings is 1. The number of hydrogen-bond donors (Lipinski definition) is 1. The lowest BCUT2D eigenvalue weighted by atomic mass is 9.97. The third kappa shape index (κ3) is 3.50. The van der Waals surface area contributed by atoms with Crippen molar-refractivity contribution in [2.45, 2.75) is 19.3 Å². The van der Waals surface area contributed by atoms with E-state index in [0.29, 0.717) is 5.56 Å². The molecule has 0 bridgehead atoms. The average molecular weight is 254 g/mol. The molecule has 1 unspecified atom stereocenters. The fourth-order valence-electron chi connectivity index (χ4n) is 2.36. The molecule has 1 heterocycles. The molecule has 1 aliphatic heterocycles. The van der Waals surface area contributed by atoms with Gasteiger partial charge in [0.15, 0.2) is 0 Å². The van der Waals surface area contributed by atoms with Crippen LogP contribution in [-0.4, -0.2) is 37.6 Å². The molecular formula is C14H20F2N2. The second-order valence-electron chi connectivity index (χ2n) is 4.95. The largest absolute Gasteiger partial charge is 0.314 e. The van der Waals surface area contributed by atoms with Crippen molar-refractivity contribution in [2.75, 3.05) is 32.7 Å². The third-order valence-electron chi connectivity index (χ3n) is 3.58. The lowest BCUT2D eigenvalue weighted by Gasteiger charge is -2.28. The van der Waals surface area contributed by atoms with Gasteiger partial charge in [-0.15, -0.1) is 0 Å². The van der Waals surface area contributed by atoms with Gasteiger partial charge >= 0.3 is 0 Å². The Morgan fingerprint density at radius 3 is 2.72 bits per heavy atom. The Balaban J connectivity index is 1.90. The minimum atomic E-state index is -0.361. The van der Waals surface area contributed by atoms with Crippen LogP contribution in [0, 0.1) is 11.6 Å². The van der Waals surface area contributed by atoms with E-state index in [9.17, 15) is 8.78 Å². The van der Waals surface area contributed by atoms with Crippen molar-refractivity contribution >= 4 is 0 Å². The van der Waals surface area contributed by atoms with Gasteiger partial charge in [0.2, 0.25) is 0 Å². The molecule has 1 saturated heterocycles. The van der Waals surface area contributed by atoms with Gasteiger partial charge in [0, 0.05) is 26.2 Å². The number of halogens is 2. The zero-order valence-electron chi connectivity index (χ0n) is 10.8. The SMILES string of the molecule is CC(CCN1CCNCC1)c1cc(F)ccc1F. The summed E-state index contributed by atoms with van der Waals surface area (Å²) in [5.41, 5.74) is 0.491. The minimum Gasteiger partial charge on any atom is -0.314 e. The lowest BCUT2D eigenvalue weighted by molar-refractivity contribution is 0.233. The standard InChI is InChI=1S/C14H20F2N2/c1-11(4-7-18-8-5-17-6-9-18)13-10-12(15)2-3-14(13)16/h2-3,10-11,17H,4-9H2,1H3. The fraction of sp³-hybridized carbons (Fsp3) is 0.571. The molecule has 18 heavy (non-hydrogen) atoms. The maximum absolute atomic E-state index is 13.6. The summed E-state index contributed by atoms with van der Waals surface area (Å²) in [6.45, 7) is 7.01. The lowest BCUT2D eigenvalue weighted by Crippen LogP contribution is -2.43. The van der Waals surface area contributed by atoms with Crippen molar-refractivity contribution in [3.8, 4) is 0 Å². The van der Waals surface area contributed by atoms with E-state index in [1.807, 2.05) is 6.92 Å². The molecule has 1 atom stereocenters. The van der Waals surface area contributed by atoms with Gasteiger partial charge in [0.25, 0.3) is 0 Å². The van der Waals surface area contributed by atoms with E-state index >= 15 is 0 Å². The molecule has 0 aromatic heterocycles. The van der Waals surface area contributed by atoms with Crippen LogP contribution in [0.5, 0.6) is 0 Å². The first-order chi connectivity index (χ1) is 8.66. The van der Waals surface area contributed by atoms with Crippen molar-refractivity contribution < 1.29 is 8.78 Å². The van der Waals surface area contributed by atoms with Gasteiger partial charge in [0.05, 0.1) is 0 Å². The Kier molecular flexibility index (Phi) is 4.66. The van der Waals surface area contributed by atoms with E-state index < -0.39 is 0 Å². The summed E-state index contributed by atoms with van der Waals surface area (Å²) in [5, 5.41) is 3.30. The smallest absolute Gasteiger partial charge is 0.126 e. The van der Waals surface area contributed by atoms with Crippen LogP contribution < -0.4 is 5.32 Å². The van der Waals surface area contributed by atoms with Crippen LogP contribution in [-0.2, 0) is 0 Å². The molecular weight excluding hydrogens is 234 g/mol. The van der Waals surface area contributed by atoms with Crippen LogP contribution in [0.1, 0.15) is 24.8 Å². The van der Waals surface area contributed by atoms with Crippen molar-refractivity contribution in [2.24, 2.45) is 0 Å². The summed E-state index contributed by atoms with van der Waals surface area (Å²) < 4.78 is 26.7. The summed E-state index contributed by atoms with van der Waals surface area (Å²) >= 11 is 0. The highest BCUT2D eigenvalue weighted by Crippen LogP contribution is 2.23. The van der Waals surface area contributed by atoms with Gasteiger partial charge in [-0.1, -0.05) is 6.92 Å². The van der Waals surface area contributed by atoms with E-state index in [0.717, 1.165) is 39.1 Å². The van der Waals surface area contributed by atoms with E-state index in [1.165, 1.54) is 18.2 Å². The van der Waals surface area contributed by atoms with E-state index in [2.05, 4.69) is 10.2 Å². The zero-order valence-corrected chi connectivity index (χ0v) is 10.8. The maximum Gasteiger partial charge on any atom is 0.126 e. The highest BCUT2D eigenvalue weighted by molar-refractivity contribution is 5.22. The molecule has 0 amide bonds. The first-order valence-corrected chi connectivity index (χ1v) is 6.55. The van der Waals surface area contributed by atoms with E-state index in [1.54, 1.807) is 0 Å². The summed E-state index contributed by atoms with van der Waals surface area (Å²) in [6, 6.07) is 3.70. The van der Waals surface area contributed by atoms with Gasteiger partial charge in [0.1, 0.15) is 11.6 Å². The van der Waals surface area contributed by atoms with Crippen LogP contribution in [0.4, 0.5) is 8.78 Å². The molecule has 1 aromatic carbocycles. The molecule has 2 rings (SSSR count). The maximum atomic E-state index is 13.6. The van der Waals surface area contributed by atoms with Gasteiger partial charge in [-0.25, -0.2) is 8.78 Å². The summed E-state index contributed by atoms with van der Waals surface area (Å²) in [5.74, 6) is -0.611. The Morgan fingerprint density at radius 1 is 1.28 bits per heavy atom. The van der Waals surface area contributed by atoms with Crippen molar-refractivity contribution in [1.82, 2.24) is 10.2 Å². The van der Waals surface area contributed by atoms with Gasteiger partial charge in [-0.05, 0) is 42.6 Å². The number of benzene rings is 1. The summed E-state index contributed by atoms with van der Waals surface area (Å²) in [7, 11) is 0. The molecule has 4 heteroatoms.